The van der Waals surface area contributed by atoms with Crippen molar-refractivity contribution in [2.45, 2.75) is 19.0 Å². The van der Waals surface area contributed by atoms with Gasteiger partial charge in [-0.25, -0.2) is 9.48 Å². The maximum absolute atomic E-state index is 12.5. The minimum Gasteiger partial charge on any atom is -0.461 e. The molecule has 0 aliphatic carbocycles. The summed E-state index contributed by atoms with van der Waals surface area (Å²) in [6.45, 7) is 1.44. The molecule has 2 aromatic rings. The van der Waals surface area contributed by atoms with Crippen molar-refractivity contribution in [2.75, 3.05) is 6.61 Å². The zero-order valence-electron chi connectivity index (χ0n) is 12.9. The van der Waals surface area contributed by atoms with Gasteiger partial charge in [-0.05, 0) is 12.5 Å². The Balaban J connectivity index is 2.40. The molecule has 0 spiro atoms. The Hall–Kier alpha value is -2.56. The Kier molecular flexibility index (Phi) is 5.36. The number of carbonyl (C=O) groups excluding carboxylic acids is 1. The molecule has 11 heteroatoms. The lowest BCUT2D eigenvalue weighted by Gasteiger charge is -2.10. The van der Waals surface area contributed by atoms with E-state index in [1.807, 2.05) is 0 Å². The summed E-state index contributed by atoms with van der Waals surface area (Å²) in [5.41, 5.74) is -5.38. The van der Waals surface area contributed by atoms with Gasteiger partial charge < -0.3 is 8.92 Å². The number of halogens is 3. The molecular formula is C14H13F3N2O5S. The van der Waals surface area contributed by atoms with Crippen molar-refractivity contribution in [2.24, 2.45) is 0 Å². The maximum Gasteiger partial charge on any atom is 0.534 e. The van der Waals surface area contributed by atoms with E-state index in [-0.39, 0.29) is 18.8 Å². The molecule has 0 aliphatic heterocycles. The van der Waals surface area contributed by atoms with Crippen LogP contribution >= 0.6 is 0 Å². The second-order valence-electron chi connectivity index (χ2n) is 4.71. The molecule has 0 bridgehead atoms. The zero-order valence-corrected chi connectivity index (χ0v) is 13.7. The van der Waals surface area contributed by atoms with Gasteiger partial charge in [0.25, 0.3) is 0 Å². The Morgan fingerprint density at radius 2 is 1.88 bits per heavy atom. The molecule has 0 atom stereocenters. The van der Waals surface area contributed by atoms with Gasteiger partial charge in [0.2, 0.25) is 5.88 Å². The summed E-state index contributed by atoms with van der Waals surface area (Å²) in [5, 5.41) is 3.78. The number of hydrogen-bond donors (Lipinski definition) is 0. The van der Waals surface area contributed by atoms with Crippen LogP contribution < -0.4 is 4.18 Å². The molecule has 0 radical (unpaired) electrons. The SMILES string of the molecule is CCOC(=O)c1cc(OS(=O)(=O)C(F)(F)F)n(Cc2ccccc2)n1. The van der Waals surface area contributed by atoms with Crippen LogP contribution in [0.4, 0.5) is 13.2 Å². The molecule has 0 aliphatic rings. The Labute approximate surface area is 141 Å². The van der Waals surface area contributed by atoms with E-state index in [0.717, 1.165) is 10.7 Å². The van der Waals surface area contributed by atoms with E-state index >= 15 is 0 Å². The number of carbonyl (C=O) groups is 1. The Morgan fingerprint density at radius 3 is 2.44 bits per heavy atom. The third kappa shape index (κ3) is 4.50. The minimum absolute atomic E-state index is 0.0153. The number of nitrogens with zero attached hydrogens (tertiary/aromatic N) is 2. The third-order valence-corrected chi connectivity index (χ3v) is 3.84. The van der Waals surface area contributed by atoms with E-state index in [2.05, 4.69) is 9.28 Å². The number of aromatic nitrogens is 2. The zero-order chi connectivity index (χ0) is 18.7. The summed E-state index contributed by atoms with van der Waals surface area (Å²) >= 11 is 0. The predicted molar refractivity (Wildman–Crippen MR) is 79.3 cm³/mol. The summed E-state index contributed by atoms with van der Waals surface area (Å²) in [4.78, 5) is 11.7. The van der Waals surface area contributed by atoms with Gasteiger partial charge in [-0.3, -0.25) is 0 Å². The van der Waals surface area contributed by atoms with E-state index in [4.69, 9.17) is 4.74 Å². The minimum atomic E-state index is -5.90. The number of ether oxygens (including phenoxy) is 1. The van der Waals surface area contributed by atoms with Crippen molar-refractivity contribution in [1.82, 2.24) is 9.78 Å². The standard InChI is InChI=1S/C14H13F3N2O5S/c1-2-23-13(20)11-8-12(24-25(21,22)14(15,16)17)19(18-11)9-10-6-4-3-5-7-10/h3-8H,2,9H2,1H3. The normalized spacial score (nSPS) is 12.0. The molecule has 1 heterocycles. The highest BCUT2D eigenvalue weighted by Crippen LogP contribution is 2.28. The van der Waals surface area contributed by atoms with Gasteiger partial charge >= 0.3 is 21.6 Å². The van der Waals surface area contributed by atoms with Gasteiger partial charge in [0, 0.05) is 6.07 Å². The highest BCUT2D eigenvalue weighted by molar-refractivity contribution is 7.87. The summed E-state index contributed by atoms with van der Waals surface area (Å²) in [7, 11) is -5.90. The van der Waals surface area contributed by atoms with E-state index in [1.165, 1.54) is 6.92 Å². The molecule has 0 saturated carbocycles. The monoisotopic (exact) mass is 378 g/mol. The third-order valence-electron chi connectivity index (χ3n) is 2.88. The van der Waals surface area contributed by atoms with Crippen LogP contribution in [0, 0.1) is 0 Å². The van der Waals surface area contributed by atoms with Crippen LogP contribution in [0.25, 0.3) is 0 Å². The van der Waals surface area contributed by atoms with Gasteiger partial charge in [-0.15, -0.1) is 0 Å². The molecule has 0 N–H and O–H groups in total. The van der Waals surface area contributed by atoms with Gasteiger partial charge in [0.05, 0.1) is 13.2 Å². The lowest BCUT2D eigenvalue weighted by molar-refractivity contribution is -0.0502. The smallest absolute Gasteiger partial charge is 0.461 e. The van der Waals surface area contributed by atoms with Crippen molar-refractivity contribution in [3.05, 3.63) is 47.7 Å². The largest absolute Gasteiger partial charge is 0.534 e. The van der Waals surface area contributed by atoms with Crippen LogP contribution in [-0.4, -0.2) is 36.3 Å². The van der Waals surface area contributed by atoms with Crippen LogP contribution in [0.3, 0.4) is 0 Å². The molecule has 7 nitrogen and oxygen atoms in total. The first kappa shape index (κ1) is 18.8. The number of alkyl halides is 3. The van der Waals surface area contributed by atoms with Crippen LogP contribution in [0.2, 0.25) is 0 Å². The summed E-state index contributed by atoms with van der Waals surface area (Å²) < 4.78 is 69.7. The highest BCUT2D eigenvalue weighted by atomic mass is 32.2. The molecule has 1 aromatic carbocycles. The first-order valence-electron chi connectivity index (χ1n) is 6.93. The van der Waals surface area contributed by atoms with Crippen molar-refractivity contribution < 1.29 is 35.3 Å². The van der Waals surface area contributed by atoms with Gasteiger partial charge in [0.15, 0.2) is 5.69 Å². The molecule has 0 saturated heterocycles. The molecule has 0 amide bonds. The second kappa shape index (κ2) is 7.13. The molecule has 0 unspecified atom stereocenters. The molecule has 0 fully saturated rings. The summed E-state index contributed by atoms with van der Waals surface area (Å²) in [5.74, 6) is -1.66. The van der Waals surface area contributed by atoms with E-state index in [1.54, 1.807) is 30.3 Å². The summed E-state index contributed by atoms with van der Waals surface area (Å²) in [6, 6.07) is 9.16. The average Bonchev–Trinajstić information content (AvgIpc) is 2.90. The maximum atomic E-state index is 12.5. The number of rotatable bonds is 6. The molecule has 2 rings (SSSR count). The lowest BCUT2D eigenvalue weighted by atomic mass is 10.2. The molecule has 136 valence electrons. The molecule has 1 aromatic heterocycles. The van der Waals surface area contributed by atoms with E-state index < -0.39 is 27.5 Å². The molecule has 25 heavy (non-hydrogen) atoms. The van der Waals surface area contributed by atoms with Crippen LogP contribution in [-0.2, 0) is 21.4 Å². The number of hydrogen-bond acceptors (Lipinski definition) is 6. The van der Waals surface area contributed by atoms with Crippen molar-refractivity contribution in [3.8, 4) is 5.88 Å². The predicted octanol–water partition coefficient (Wildman–Crippen LogP) is 2.34. The topological polar surface area (TPSA) is 87.5 Å². The van der Waals surface area contributed by atoms with Crippen LogP contribution in [0.1, 0.15) is 23.0 Å². The van der Waals surface area contributed by atoms with Crippen molar-refractivity contribution >= 4 is 16.1 Å². The number of benzene rings is 1. The highest BCUT2D eigenvalue weighted by Gasteiger charge is 2.49. The molecular weight excluding hydrogens is 365 g/mol. The van der Waals surface area contributed by atoms with Gasteiger partial charge in [0.1, 0.15) is 0 Å². The van der Waals surface area contributed by atoms with E-state index in [9.17, 15) is 26.4 Å². The van der Waals surface area contributed by atoms with Crippen molar-refractivity contribution in [1.29, 1.82) is 0 Å². The lowest BCUT2D eigenvalue weighted by Crippen LogP contribution is -2.29. The fourth-order valence-corrected chi connectivity index (χ4v) is 2.25. The fraction of sp³-hybridized carbons (Fsp3) is 0.286. The summed E-state index contributed by atoms with van der Waals surface area (Å²) in [6.07, 6.45) is 0. The first-order chi connectivity index (χ1) is 11.6. The van der Waals surface area contributed by atoms with Gasteiger partial charge in [-0.1, -0.05) is 30.3 Å². The average molecular weight is 378 g/mol. The van der Waals surface area contributed by atoms with Crippen LogP contribution in [0.5, 0.6) is 5.88 Å². The fourth-order valence-electron chi connectivity index (χ4n) is 1.80. The number of esters is 1. The Morgan fingerprint density at radius 1 is 1.24 bits per heavy atom. The van der Waals surface area contributed by atoms with Gasteiger partial charge in [-0.2, -0.15) is 26.7 Å². The Bertz CT molecular complexity index is 847. The van der Waals surface area contributed by atoms with Crippen molar-refractivity contribution in [3.63, 3.8) is 0 Å². The second-order valence-corrected chi connectivity index (χ2v) is 6.25. The van der Waals surface area contributed by atoms with Crippen LogP contribution in [0.15, 0.2) is 36.4 Å². The van der Waals surface area contributed by atoms with E-state index in [0.29, 0.717) is 5.56 Å². The quantitative estimate of drug-likeness (QED) is 0.436. The first-order valence-corrected chi connectivity index (χ1v) is 8.34.